The average molecular weight is 681 g/mol. The van der Waals surface area contributed by atoms with Crippen LogP contribution in [0.4, 0.5) is 22.0 Å². The number of alkyl halides is 3. The molecular weight excluding hydrogens is 663 g/mol. The second-order valence-corrected chi connectivity index (χ2v) is 10.7. The maximum absolute atomic E-state index is 15.5. The van der Waals surface area contributed by atoms with Gasteiger partial charge in [0.1, 0.15) is 11.9 Å². The van der Waals surface area contributed by atoms with Gasteiger partial charge in [0.15, 0.2) is 23.7 Å². The van der Waals surface area contributed by atoms with Crippen LogP contribution < -0.4 is 10.5 Å². The molecule has 1 atom stereocenters. The minimum absolute atomic E-state index is 0.0324. The van der Waals surface area contributed by atoms with E-state index in [0.29, 0.717) is 22.1 Å². The van der Waals surface area contributed by atoms with E-state index in [0.717, 1.165) is 23.0 Å². The Balaban J connectivity index is 1.42. The number of hydrogen-bond acceptors (Lipinski definition) is 7. The van der Waals surface area contributed by atoms with Crippen LogP contribution in [-0.2, 0) is 12.7 Å². The summed E-state index contributed by atoms with van der Waals surface area (Å²) >= 11 is 6.02. The summed E-state index contributed by atoms with van der Waals surface area (Å²) in [6, 6.07) is 9.93. The fraction of sp³-hybridized carbons (Fsp3) is 0.100. The molecule has 0 spiro atoms. The third-order valence-electron chi connectivity index (χ3n) is 7.29. The van der Waals surface area contributed by atoms with Crippen molar-refractivity contribution in [2.75, 3.05) is 0 Å². The Morgan fingerprint density at radius 3 is 2.46 bits per heavy atom. The van der Waals surface area contributed by atoms with E-state index >= 15 is 4.39 Å². The molecule has 0 saturated heterocycles. The number of primary amides is 1. The van der Waals surface area contributed by atoms with E-state index in [1.54, 1.807) is 0 Å². The molecule has 2 N–H and O–H groups in total. The molecule has 0 radical (unpaired) electrons. The molecule has 2 aromatic carbocycles. The minimum Gasteiger partial charge on any atom is -0.618 e. The summed E-state index contributed by atoms with van der Waals surface area (Å²) in [7, 11) is 0. The number of halogens is 6. The number of carbonyl (C=O) groups is 1. The summed E-state index contributed by atoms with van der Waals surface area (Å²) in [6.07, 6.45) is 2.46. The Bertz CT molecular complexity index is 2240. The number of amides is 1. The smallest absolute Gasteiger partial charge is 0.436 e. The number of pyridine rings is 1. The molecule has 0 aliphatic carbocycles. The SMILES string of the molecule is N#Cc1cnn(CC(c2ccc(-c3c(-n4cc(C(F)(F)F)nn4)ccc(Cl)c3F)c[n+]2[O-])n2cc(-c3ccc(C(N)=O)c(F)c3)cn2)c1. The number of rotatable bonds is 8. The van der Waals surface area contributed by atoms with Crippen LogP contribution in [0.25, 0.3) is 27.9 Å². The largest absolute Gasteiger partial charge is 0.618 e. The Kier molecular flexibility index (Phi) is 8.10. The minimum atomic E-state index is -4.81. The van der Waals surface area contributed by atoms with Crippen molar-refractivity contribution in [1.29, 1.82) is 5.26 Å². The molecule has 0 saturated carbocycles. The number of aromatic nitrogens is 8. The number of benzene rings is 2. The highest BCUT2D eigenvalue weighted by Gasteiger charge is 2.35. The van der Waals surface area contributed by atoms with Crippen LogP contribution in [0, 0.1) is 28.2 Å². The van der Waals surface area contributed by atoms with Gasteiger partial charge < -0.3 is 10.9 Å². The molecule has 12 nitrogen and oxygen atoms in total. The van der Waals surface area contributed by atoms with Gasteiger partial charge in [-0.25, -0.2) is 13.5 Å². The van der Waals surface area contributed by atoms with Crippen molar-refractivity contribution in [2.45, 2.75) is 18.8 Å². The fourth-order valence-electron chi connectivity index (χ4n) is 4.98. The molecule has 242 valence electrons. The van der Waals surface area contributed by atoms with E-state index in [-0.39, 0.29) is 45.2 Å². The van der Waals surface area contributed by atoms with Gasteiger partial charge in [0, 0.05) is 24.0 Å². The standard InChI is InChI=1S/C30H18ClF5N10O2/c31-21-4-6-24(45-15-26(41-42-45)30(34,35)36)27(28(21)33)18-2-5-23(46(48)13-18)25(14-43-11-16(8-37)9-39-43)44-12-19(10-40-44)17-1-3-20(29(38)47)22(32)7-17/h1-7,9-13,15,25H,14H2,(H2,38,47). The van der Waals surface area contributed by atoms with Crippen LogP contribution in [0.5, 0.6) is 0 Å². The average Bonchev–Trinajstić information content (AvgIpc) is 3.82. The van der Waals surface area contributed by atoms with Crippen LogP contribution in [0.15, 0.2) is 79.6 Å². The van der Waals surface area contributed by atoms with Gasteiger partial charge in [0.25, 0.3) is 5.91 Å². The number of nitrogens with zero attached hydrogens (tertiary/aromatic N) is 9. The number of nitrogens with two attached hydrogens (primary N) is 1. The Morgan fingerprint density at radius 1 is 1.04 bits per heavy atom. The maximum Gasteiger partial charge on any atom is 0.436 e. The van der Waals surface area contributed by atoms with Crippen LogP contribution in [0.3, 0.4) is 0 Å². The Hall–Kier alpha value is -6.15. The summed E-state index contributed by atoms with van der Waals surface area (Å²) < 4.78 is 73.6. The molecule has 1 amide bonds. The van der Waals surface area contributed by atoms with E-state index in [2.05, 4.69) is 20.5 Å². The quantitative estimate of drug-likeness (QED) is 0.137. The molecular formula is C30H18ClF5N10O2. The first-order valence-electron chi connectivity index (χ1n) is 13.6. The van der Waals surface area contributed by atoms with Gasteiger partial charge >= 0.3 is 6.18 Å². The van der Waals surface area contributed by atoms with Gasteiger partial charge in [-0.15, -0.1) is 5.10 Å². The molecule has 0 fully saturated rings. The molecule has 0 bridgehead atoms. The van der Waals surface area contributed by atoms with Crippen molar-refractivity contribution >= 4 is 17.5 Å². The van der Waals surface area contributed by atoms with Gasteiger partial charge in [-0.2, -0.15) is 33.4 Å². The van der Waals surface area contributed by atoms with Crippen molar-refractivity contribution in [3.05, 3.63) is 124 Å². The first-order valence-corrected chi connectivity index (χ1v) is 14.0. The highest BCUT2D eigenvalue weighted by Crippen LogP contribution is 2.35. The lowest BCUT2D eigenvalue weighted by molar-refractivity contribution is -0.615. The van der Waals surface area contributed by atoms with Crippen LogP contribution in [0.2, 0.25) is 5.02 Å². The number of hydrogen-bond donors (Lipinski definition) is 1. The highest BCUT2D eigenvalue weighted by molar-refractivity contribution is 6.31. The monoisotopic (exact) mass is 680 g/mol. The van der Waals surface area contributed by atoms with Crippen molar-refractivity contribution in [3.8, 4) is 34.0 Å². The lowest BCUT2D eigenvalue weighted by atomic mass is 10.0. The molecule has 18 heteroatoms. The lowest BCUT2D eigenvalue weighted by Crippen LogP contribution is -2.37. The second kappa shape index (κ2) is 12.2. The van der Waals surface area contributed by atoms with Crippen LogP contribution in [0.1, 0.15) is 33.4 Å². The molecule has 6 aromatic rings. The predicted molar refractivity (Wildman–Crippen MR) is 157 cm³/mol. The Labute approximate surface area is 271 Å². The number of nitriles is 1. The number of carbonyl (C=O) groups excluding carboxylic acids is 1. The zero-order chi connectivity index (χ0) is 34.3. The molecule has 4 heterocycles. The molecule has 4 aromatic heterocycles. The third-order valence-corrected chi connectivity index (χ3v) is 7.58. The van der Waals surface area contributed by atoms with Crippen LogP contribution in [-0.4, -0.2) is 40.5 Å². The normalized spacial score (nSPS) is 12.2. The van der Waals surface area contributed by atoms with Crippen molar-refractivity contribution in [1.82, 2.24) is 34.6 Å². The third kappa shape index (κ3) is 6.03. The lowest BCUT2D eigenvalue weighted by Gasteiger charge is -2.18. The highest BCUT2D eigenvalue weighted by atomic mass is 35.5. The van der Waals surface area contributed by atoms with Gasteiger partial charge in [0.05, 0.1) is 58.1 Å². The summed E-state index contributed by atoms with van der Waals surface area (Å²) in [6.45, 7) is -0.0324. The predicted octanol–water partition coefficient (Wildman–Crippen LogP) is 4.84. The van der Waals surface area contributed by atoms with E-state index in [4.69, 9.17) is 17.3 Å². The van der Waals surface area contributed by atoms with Gasteiger partial charge in [-0.3, -0.25) is 14.2 Å². The zero-order valence-electron chi connectivity index (χ0n) is 24.0. The first-order chi connectivity index (χ1) is 22.8. The van der Waals surface area contributed by atoms with Crippen LogP contribution >= 0.6 is 11.6 Å². The van der Waals surface area contributed by atoms with E-state index in [1.807, 2.05) is 6.07 Å². The first kappa shape index (κ1) is 31.8. The zero-order valence-corrected chi connectivity index (χ0v) is 24.7. The maximum atomic E-state index is 15.5. The molecule has 48 heavy (non-hydrogen) atoms. The molecule has 1 unspecified atom stereocenters. The van der Waals surface area contributed by atoms with E-state index in [1.165, 1.54) is 64.5 Å². The van der Waals surface area contributed by atoms with E-state index < -0.39 is 35.5 Å². The summed E-state index contributed by atoms with van der Waals surface area (Å²) in [5.74, 6) is -2.80. The summed E-state index contributed by atoms with van der Waals surface area (Å²) in [5, 5.41) is 37.6. The second-order valence-electron chi connectivity index (χ2n) is 10.3. The van der Waals surface area contributed by atoms with Gasteiger partial charge in [-0.1, -0.05) is 22.9 Å². The Morgan fingerprint density at radius 2 is 1.81 bits per heavy atom. The fourth-order valence-corrected chi connectivity index (χ4v) is 5.14. The van der Waals surface area contributed by atoms with Gasteiger partial charge in [0.2, 0.25) is 5.69 Å². The molecule has 0 aliphatic heterocycles. The van der Waals surface area contributed by atoms with E-state index in [9.17, 15) is 32.8 Å². The summed E-state index contributed by atoms with van der Waals surface area (Å²) in [4.78, 5) is 11.5. The van der Waals surface area contributed by atoms with Crippen molar-refractivity contribution < 1.29 is 31.5 Å². The van der Waals surface area contributed by atoms with Crippen molar-refractivity contribution in [2.24, 2.45) is 5.73 Å². The summed E-state index contributed by atoms with van der Waals surface area (Å²) in [5.41, 5.74) is 4.11. The van der Waals surface area contributed by atoms with Crippen molar-refractivity contribution in [3.63, 3.8) is 0 Å². The van der Waals surface area contributed by atoms with Gasteiger partial charge in [-0.05, 0) is 35.9 Å². The topological polar surface area (TPSA) is 160 Å². The molecule has 0 aliphatic rings. The molecule has 6 rings (SSSR count).